The van der Waals surface area contributed by atoms with Crippen LogP contribution < -0.4 is 5.11 Å². The van der Waals surface area contributed by atoms with Gasteiger partial charge in [0.05, 0.1) is 18.6 Å². The van der Waals surface area contributed by atoms with Crippen LogP contribution in [-0.2, 0) is 4.74 Å². The van der Waals surface area contributed by atoms with Crippen LogP contribution in [-0.4, -0.2) is 19.0 Å². The van der Waals surface area contributed by atoms with Crippen molar-refractivity contribution in [3.63, 3.8) is 0 Å². The first-order valence-corrected chi connectivity index (χ1v) is 3.98. The van der Waals surface area contributed by atoms with E-state index in [0.717, 1.165) is 7.11 Å². The molecule has 0 radical (unpaired) electrons. The van der Waals surface area contributed by atoms with E-state index in [0.29, 0.717) is 0 Å². The number of aromatic carboxylic acids is 1. The van der Waals surface area contributed by atoms with Crippen molar-refractivity contribution in [3.8, 4) is 0 Å². The van der Waals surface area contributed by atoms with E-state index in [1.807, 2.05) is 0 Å². The van der Waals surface area contributed by atoms with Gasteiger partial charge in [0.1, 0.15) is 5.56 Å². The molecule has 0 aliphatic rings. The molecular weight excluding hydrogens is 248 g/mol. The van der Waals surface area contributed by atoms with Gasteiger partial charge < -0.3 is 14.6 Å². The summed E-state index contributed by atoms with van der Waals surface area (Å²) in [5.41, 5.74) is -3.57. The third-order valence-electron chi connectivity index (χ3n) is 1.86. The Morgan fingerprint density at radius 3 is 1.59 bits per heavy atom. The highest BCUT2D eigenvalue weighted by atomic mass is 19.2. The molecule has 0 amide bonds. The van der Waals surface area contributed by atoms with E-state index >= 15 is 0 Å². The highest BCUT2D eigenvalue weighted by molar-refractivity contribution is 5.93. The topological polar surface area (TPSA) is 66.4 Å². The first-order valence-electron chi connectivity index (χ1n) is 3.98. The van der Waals surface area contributed by atoms with Crippen molar-refractivity contribution >= 4 is 11.9 Å². The van der Waals surface area contributed by atoms with Crippen molar-refractivity contribution < 1.29 is 37.0 Å². The van der Waals surface area contributed by atoms with Gasteiger partial charge in [0.25, 0.3) is 0 Å². The summed E-state index contributed by atoms with van der Waals surface area (Å²) >= 11 is 0. The summed E-state index contributed by atoms with van der Waals surface area (Å²) < 4.78 is 56.2. The normalized spacial score (nSPS) is 10.2. The zero-order chi connectivity index (χ0) is 13.3. The molecule has 17 heavy (non-hydrogen) atoms. The maximum absolute atomic E-state index is 13.1. The second-order valence-electron chi connectivity index (χ2n) is 2.78. The molecule has 0 saturated carbocycles. The van der Waals surface area contributed by atoms with Crippen molar-refractivity contribution in [3.05, 3.63) is 34.4 Å². The van der Waals surface area contributed by atoms with Gasteiger partial charge in [-0.2, -0.15) is 0 Å². The summed E-state index contributed by atoms with van der Waals surface area (Å²) in [5, 5.41) is 10.3. The summed E-state index contributed by atoms with van der Waals surface area (Å²) in [6, 6.07) is 0. The van der Waals surface area contributed by atoms with Gasteiger partial charge in [-0.1, -0.05) is 0 Å². The van der Waals surface area contributed by atoms with Gasteiger partial charge in [-0.05, 0) is 0 Å². The van der Waals surface area contributed by atoms with E-state index in [4.69, 9.17) is 0 Å². The first kappa shape index (κ1) is 12.9. The summed E-state index contributed by atoms with van der Waals surface area (Å²) in [4.78, 5) is 21.1. The third kappa shape index (κ3) is 1.93. The number of hydrogen-bond donors (Lipinski definition) is 0. The Bertz CT molecular complexity index is 483. The molecule has 0 aliphatic carbocycles. The van der Waals surface area contributed by atoms with Gasteiger partial charge >= 0.3 is 5.97 Å². The number of methoxy groups -OCH3 is 1. The van der Waals surface area contributed by atoms with Crippen LogP contribution in [0, 0.1) is 23.3 Å². The molecule has 1 rings (SSSR count). The number of carboxylic acids is 1. The second kappa shape index (κ2) is 4.40. The van der Waals surface area contributed by atoms with Crippen LogP contribution in [0.5, 0.6) is 0 Å². The van der Waals surface area contributed by atoms with Crippen LogP contribution in [0.3, 0.4) is 0 Å². The molecule has 0 fully saturated rings. The van der Waals surface area contributed by atoms with E-state index in [1.165, 1.54) is 0 Å². The van der Waals surface area contributed by atoms with Crippen LogP contribution in [0.1, 0.15) is 20.7 Å². The molecule has 0 bridgehead atoms. The minimum atomic E-state index is -2.45. The smallest absolute Gasteiger partial charge is 0.344 e. The molecular formula is C9H3F4O4-. The van der Waals surface area contributed by atoms with Crippen LogP contribution >= 0.6 is 0 Å². The lowest BCUT2D eigenvalue weighted by Gasteiger charge is -2.10. The number of carbonyl (C=O) groups is 2. The van der Waals surface area contributed by atoms with Crippen molar-refractivity contribution in [2.45, 2.75) is 0 Å². The number of hydrogen-bond acceptors (Lipinski definition) is 4. The predicted molar refractivity (Wildman–Crippen MR) is 41.9 cm³/mol. The molecule has 1 aromatic rings. The highest BCUT2D eigenvalue weighted by Crippen LogP contribution is 2.24. The number of benzene rings is 1. The van der Waals surface area contributed by atoms with E-state index in [2.05, 4.69) is 4.74 Å². The molecule has 0 atom stereocenters. The largest absolute Gasteiger partial charge is 0.545 e. The Balaban J connectivity index is 3.70. The Hall–Kier alpha value is -2.12. The first-order chi connectivity index (χ1) is 7.82. The maximum atomic E-state index is 13.1. The number of ether oxygens (including phenoxy) is 1. The van der Waals surface area contributed by atoms with E-state index in [1.54, 1.807) is 0 Å². The molecule has 92 valence electrons. The lowest BCUT2D eigenvalue weighted by molar-refractivity contribution is -0.255. The third-order valence-corrected chi connectivity index (χ3v) is 1.86. The number of esters is 1. The summed E-state index contributed by atoms with van der Waals surface area (Å²) in [6.07, 6.45) is 0. The van der Waals surface area contributed by atoms with E-state index in [9.17, 15) is 32.3 Å². The SMILES string of the molecule is COC(=O)c1c(F)c(F)c(C(=O)[O-])c(F)c1F. The molecule has 0 N–H and O–H groups in total. The van der Waals surface area contributed by atoms with Gasteiger partial charge in [-0.25, -0.2) is 22.4 Å². The van der Waals surface area contributed by atoms with Crippen LogP contribution in [0.2, 0.25) is 0 Å². The molecule has 0 aliphatic heterocycles. The number of carboxylic acid groups (broad SMARTS) is 1. The zero-order valence-electron chi connectivity index (χ0n) is 8.14. The van der Waals surface area contributed by atoms with Crippen molar-refractivity contribution in [1.29, 1.82) is 0 Å². The molecule has 0 spiro atoms. The summed E-state index contributed by atoms with van der Waals surface area (Å²) in [6.45, 7) is 0. The summed E-state index contributed by atoms with van der Waals surface area (Å²) in [7, 11) is 0.726. The number of halogens is 4. The fraction of sp³-hybridized carbons (Fsp3) is 0.111. The number of carbonyl (C=O) groups excluding carboxylic acids is 2. The highest BCUT2D eigenvalue weighted by Gasteiger charge is 2.30. The minimum absolute atomic E-state index is 0.726. The molecule has 0 saturated heterocycles. The van der Waals surface area contributed by atoms with Crippen molar-refractivity contribution in [2.24, 2.45) is 0 Å². The Morgan fingerprint density at radius 1 is 0.941 bits per heavy atom. The summed E-state index contributed by atoms with van der Waals surface area (Å²) in [5.74, 6) is -12.9. The van der Waals surface area contributed by atoms with Gasteiger partial charge in [-0.3, -0.25) is 0 Å². The average Bonchev–Trinajstić information content (AvgIpc) is 2.26. The van der Waals surface area contributed by atoms with E-state index < -0.39 is 46.3 Å². The Labute approximate surface area is 91.4 Å². The minimum Gasteiger partial charge on any atom is -0.545 e. The lowest BCUT2D eigenvalue weighted by Crippen LogP contribution is -2.27. The van der Waals surface area contributed by atoms with Crippen LogP contribution in [0.25, 0.3) is 0 Å². The molecule has 0 heterocycles. The van der Waals surface area contributed by atoms with Crippen molar-refractivity contribution in [1.82, 2.24) is 0 Å². The van der Waals surface area contributed by atoms with Gasteiger partial charge in [-0.15, -0.1) is 0 Å². The molecule has 4 nitrogen and oxygen atoms in total. The second-order valence-corrected chi connectivity index (χ2v) is 2.78. The molecule has 8 heteroatoms. The molecule has 1 aromatic carbocycles. The van der Waals surface area contributed by atoms with Crippen LogP contribution in [0.4, 0.5) is 17.6 Å². The number of rotatable bonds is 2. The Kier molecular flexibility index (Phi) is 3.35. The fourth-order valence-electron chi connectivity index (χ4n) is 1.09. The standard InChI is InChI=1S/C9H4F4O4/c1-17-9(16)3-6(12)4(10)2(8(14)15)5(11)7(3)13/h1H3,(H,14,15)/p-1. The maximum Gasteiger partial charge on any atom is 0.344 e. The van der Waals surface area contributed by atoms with Gasteiger partial charge in [0.15, 0.2) is 23.3 Å². The lowest BCUT2D eigenvalue weighted by atomic mass is 10.1. The molecule has 0 aromatic heterocycles. The average molecular weight is 251 g/mol. The Morgan fingerprint density at radius 2 is 1.29 bits per heavy atom. The zero-order valence-corrected chi connectivity index (χ0v) is 8.14. The van der Waals surface area contributed by atoms with Crippen molar-refractivity contribution in [2.75, 3.05) is 7.11 Å². The van der Waals surface area contributed by atoms with Gasteiger partial charge in [0, 0.05) is 0 Å². The quantitative estimate of drug-likeness (QED) is 0.433. The van der Waals surface area contributed by atoms with Gasteiger partial charge in [0.2, 0.25) is 0 Å². The monoisotopic (exact) mass is 251 g/mol. The predicted octanol–water partition coefficient (Wildman–Crippen LogP) is 0.393. The van der Waals surface area contributed by atoms with Crippen LogP contribution in [0.15, 0.2) is 0 Å². The fourth-order valence-corrected chi connectivity index (χ4v) is 1.09. The van der Waals surface area contributed by atoms with E-state index in [-0.39, 0.29) is 0 Å². The molecule has 0 unspecified atom stereocenters.